The number of halogens is 2. The first-order valence-electron chi connectivity index (χ1n) is 5.33. The largest absolute Gasteiger partial charge is 0.309 e. The third-order valence-electron chi connectivity index (χ3n) is 2.74. The second kappa shape index (κ2) is 4.29. The van der Waals surface area contributed by atoms with Gasteiger partial charge in [0, 0.05) is 28.7 Å². The van der Waals surface area contributed by atoms with Crippen molar-refractivity contribution in [2.24, 2.45) is 0 Å². The molecule has 2 heterocycles. The number of nitrogens with one attached hydrogen (secondary N) is 1. The minimum absolute atomic E-state index is 0.610. The molecule has 1 aliphatic rings. The van der Waals surface area contributed by atoms with Crippen molar-refractivity contribution < 1.29 is 0 Å². The molecule has 3 rings (SSSR count). The van der Waals surface area contributed by atoms with Crippen LogP contribution in [0.25, 0.3) is 11.4 Å². The van der Waals surface area contributed by atoms with Gasteiger partial charge in [0.2, 0.25) is 0 Å². The molecule has 0 saturated carbocycles. The van der Waals surface area contributed by atoms with Gasteiger partial charge in [-0.15, -0.1) is 10.2 Å². The van der Waals surface area contributed by atoms with Crippen LogP contribution in [0.2, 0.25) is 10.0 Å². The Labute approximate surface area is 109 Å². The van der Waals surface area contributed by atoms with E-state index in [1.54, 1.807) is 6.07 Å². The maximum Gasteiger partial charge on any atom is 0.164 e. The van der Waals surface area contributed by atoms with Crippen molar-refractivity contribution in [2.45, 2.75) is 13.1 Å². The lowest BCUT2D eigenvalue weighted by molar-refractivity contribution is 0.508. The van der Waals surface area contributed by atoms with E-state index in [0.29, 0.717) is 10.0 Å². The van der Waals surface area contributed by atoms with E-state index in [1.165, 1.54) is 0 Å². The molecule has 2 aromatic rings. The van der Waals surface area contributed by atoms with Crippen molar-refractivity contribution in [2.75, 3.05) is 6.54 Å². The Bertz CT molecular complexity index is 544. The van der Waals surface area contributed by atoms with E-state index in [4.69, 9.17) is 23.2 Å². The molecule has 0 bridgehead atoms. The van der Waals surface area contributed by atoms with Crippen molar-refractivity contribution >= 4 is 23.2 Å². The number of benzene rings is 1. The lowest BCUT2D eigenvalue weighted by atomic mass is 10.2. The molecule has 0 radical (unpaired) electrons. The van der Waals surface area contributed by atoms with Crippen molar-refractivity contribution in [1.82, 2.24) is 20.1 Å². The van der Waals surface area contributed by atoms with Gasteiger partial charge in [0.1, 0.15) is 5.82 Å². The maximum absolute atomic E-state index is 6.00. The summed E-state index contributed by atoms with van der Waals surface area (Å²) < 4.78 is 2.10. The summed E-state index contributed by atoms with van der Waals surface area (Å²) in [6, 6.07) is 5.42. The number of hydrogen-bond acceptors (Lipinski definition) is 3. The molecule has 88 valence electrons. The smallest absolute Gasteiger partial charge is 0.164 e. The predicted octanol–water partition coefficient (Wildman–Crippen LogP) is 2.36. The molecule has 0 spiro atoms. The Morgan fingerprint density at radius 3 is 2.65 bits per heavy atom. The highest BCUT2D eigenvalue weighted by molar-refractivity contribution is 6.35. The third-order valence-corrected chi connectivity index (χ3v) is 3.18. The Balaban J connectivity index is 2.11. The molecule has 0 fully saturated rings. The Kier molecular flexibility index (Phi) is 2.78. The zero-order valence-electron chi connectivity index (χ0n) is 8.95. The van der Waals surface area contributed by atoms with Crippen LogP contribution < -0.4 is 5.32 Å². The highest BCUT2D eigenvalue weighted by Crippen LogP contribution is 2.26. The number of fused-ring (bicyclic) bond motifs is 1. The summed E-state index contributed by atoms with van der Waals surface area (Å²) in [5, 5.41) is 12.8. The van der Waals surface area contributed by atoms with Gasteiger partial charge in [-0.25, -0.2) is 0 Å². The fourth-order valence-corrected chi connectivity index (χ4v) is 2.51. The average Bonchev–Trinajstić information content (AvgIpc) is 2.71. The maximum atomic E-state index is 6.00. The number of rotatable bonds is 1. The van der Waals surface area contributed by atoms with Crippen LogP contribution in [0.1, 0.15) is 5.82 Å². The molecule has 17 heavy (non-hydrogen) atoms. The molecule has 0 atom stereocenters. The second-order valence-corrected chi connectivity index (χ2v) is 4.80. The molecule has 1 aliphatic heterocycles. The van der Waals surface area contributed by atoms with E-state index in [2.05, 4.69) is 20.1 Å². The summed E-state index contributed by atoms with van der Waals surface area (Å²) in [5.41, 5.74) is 0.906. The van der Waals surface area contributed by atoms with Crippen LogP contribution in [0.15, 0.2) is 18.2 Å². The van der Waals surface area contributed by atoms with Crippen molar-refractivity contribution in [3.63, 3.8) is 0 Å². The molecule has 0 aliphatic carbocycles. The van der Waals surface area contributed by atoms with E-state index in [1.807, 2.05) is 12.1 Å². The van der Waals surface area contributed by atoms with Crippen LogP contribution in [-0.4, -0.2) is 21.3 Å². The fraction of sp³-hybridized carbons (Fsp3) is 0.273. The van der Waals surface area contributed by atoms with Gasteiger partial charge >= 0.3 is 0 Å². The molecule has 4 nitrogen and oxygen atoms in total. The SMILES string of the molecule is Clc1cc(Cl)cc(-c2nnc3n2CCNC3)c1. The molecule has 1 aromatic heterocycles. The van der Waals surface area contributed by atoms with Crippen LogP contribution >= 0.6 is 23.2 Å². The molecular formula is C11H10Cl2N4. The second-order valence-electron chi connectivity index (χ2n) is 3.93. The predicted molar refractivity (Wildman–Crippen MR) is 67.2 cm³/mol. The van der Waals surface area contributed by atoms with Crippen molar-refractivity contribution in [3.05, 3.63) is 34.1 Å². The first-order chi connectivity index (χ1) is 8.24. The lowest BCUT2D eigenvalue weighted by Gasteiger charge is -2.16. The molecule has 0 amide bonds. The fourth-order valence-electron chi connectivity index (χ4n) is 1.99. The average molecular weight is 269 g/mol. The summed E-state index contributed by atoms with van der Waals surface area (Å²) in [7, 11) is 0. The molecule has 0 unspecified atom stereocenters. The van der Waals surface area contributed by atoms with Gasteiger partial charge < -0.3 is 9.88 Å². The normalized spacial score (nSPS) is 14.7. The number of nitrogens with zero attached hydrogens (tertiary/aromatic N) is 3. The first kappa shape index (κ1) is 11.0. The standard InChI is InChI=1S/C11H10Cl2N4/c12-8-3-7(4-9(13)5-8)11-16-15-10-6-14-1-2-17(10)11/h3-5,14H,1-2,6H2. The minimum Gasteiger partial charge on any atom is -0.309 e. The molecular weight excluding hydrogens is 259 g/mol. The summed E-state index contributed by atoms with van der Waals surface area (Å²) in [4.78, 5) is 0. The minimum atomic E-state index is 0.610. The van der Waals surface area contributed by atoms with Crippen LogP contribution in [-0.2, 0) is 13.1 Å². The van der Waals surface area contributed by atoms with Gasteiger partial charge in [-0.1, -0.05) is 23.2 Å². The van der Waals surface area contributed by atoms with E-state index >= 15 is 0 Å². The summed E-state index contributed by atoms with van der Waals surface area (Å²) in [5.74, 6) is 1.77. The number of aromatic nitrogens is 3. The molecule has 0 saturated heterocycles. The lowest BCUT2D eigenvalue weighted by Crippen LogP contribution is -2.28. The topological polar surface area (TPSA) is 42.7 Å². The van der Waals surface area contributed by atoms with Crippen LogP contribution in [0.3, 0.4) is 0 Å². The van der Waals surface area contributed by atoms with Gasteiger partial charge in [-0.3, -0.25) is 0 Å². The molecule has 1 aromatic carbocycles. The van der Waals surface area contributed by atoms with Crippen LogP contribution in [0, 0.1) is 0 Å². The zero-order chi connectivity index (χ0) is 11.8. The van der Waals surface area contributed by atoms with Gasteiger partial charge in [0.15, 0.2) is 5.82 Å². The summed E-state index contributed by atoms with van der Waals surface area (Å²) in [6.45, 7) is 2.54. The van der Waals surface area contributed by atoms with Gasteiger partial charge in [0.25, 0.3) is 0 Å². The van der Waals surface area contributed by atoms with Crippen LogP contribution in [0.4, 0.5) is 0 Å². The summed E-state index contributed by atoms with van der Waals surface area (Å²) in [6.07, 6.45) is 0. The Hall–Kier alpha value is -1.10. The van der Waals surface area contributed by atoms with E-state index in [9.17, 15) is 0 Å². The van der Waals surface area contributed by atoms with E-state index in [0.717, 1.165) is 36.8 Å². The first-order valence-corrected chi connectivity index (χ1v) is 6.09. The third kappa shape index (κ3) is 2.04. The molecule has 6 heteroatoms. The zero-order valence-corrected chi connectivity index (χ0v) is 10.5. The van der Waals surface area contributed by atoms with E-state index < -0.39 is 0 Å². The quantitative estimate of drug-likeness (QED) is 0.864. The van der Waals surface area contributed by atoms with Gasteiger partial charge in [-0.05, 0) is 18.2 Å². The van der Waals surface area contributed by atoms with Gasteiger partial charge in [0.05, 0.1) is 6.54 Å². The molecule has 1 N–H and O–H groups in total. The van der Waals surface area contributed by atoms with Crippen molar-refractivity contribution in [1.29, 1.82) is 0 Å². The Morgan fingerprint density at radius 1 is 1.12 bits per heavy atom. The van der Waals surface area contributed by atoms with Crippen molar-refractivity contribution in [3.8, 4) is 11.4 Å². The number of hydrogen-bond donors (Lipinski definition) is 1. The highest BCUT2D eigenvalue weighted by atomic mass is 35.5. The van der Waals surface area contributed by atoms with Crippen LogP contribution in [0.5, 0.6) is 0 Å². The van der Waals surface area contributed by atoms with Gasteiger partial charge in [-0.2, -0.15) is 0 Å². The monoisotopic (exact) mass is 268 g/mol. The van der Waals surface area contributed by atoms with E-state index in [-0.39, 0.29) is 0 Å². The Morgan fingerprint density at radius 2 is 1.88 bits per heavy atom. The summed E-state index contributed by atoms with van der Waals surface area (Å²) >= 11 is 12.0. The highest BCUT2D eigenvalue weighted by Gasteiger charge is 2.17.